The third-order valence-electron chi connectivity index (χ3n) is 5.45. The molecule has 1 aliphatic carbocycles. The maximum atomic E-state index is 10.5. The highest BCUT2D eigenvalue weighted by Gasteiger charge is 2.45. The summed E-state index contributed by atoms with van der Waals surface area (Å²) in [5.41, 5.74) is 0. The Morgan fingerprint density at radius 1 is 1.24 bits per heavy atom. The number of aliphatic hydroxyl groups excluding tert-OH is 1. The lowest BCUT2D eigenvalue weighted by Crippen LogP contribution is -2.51. The number of allylic oxidation sites excluding steroid dienone is 3. The van der Waals surface area contributed by atoms with Crippen molar-refractivity contribution in [2.75, 3.05) is 0 Å². The predicted octanol–water partition coefficient (Wildman–Crippen LogP) is 4.48. The van der Waals surface area contributed by atoms with Gasteiger partial charge in [0, 0.05) is 12.8 Å². The van der Waals surface area contributed by atoms with Gasteiger partial charge in [-0.05, 0) is 43.9 Å². The zero-order valence-corrected chi connectivity index (χ0v) is 15.5. The van der Waals surface area contributed by atoms with Gasteiger partial charge in [-0.3, -0.25) is 4.79 Å². The number of carbonyl (C=O) groups is 1. The molecule has 0 spiro atoms. The molecule has 0 radical (unpaired) electrons. The van der Waals surface area contributed by atoms with Crippen molar-refractivity contribution in [1.29, 1.82) is 0 Å². The van der Waals surface area contributed by atoms with Crippen LogP contribution in [0.25, 0.3) is 0 Å². The van der Waals surface area contributed by atoms with Gasteiger partial charge in [-0.15, -0.1) is 0 Å². The topological polar surface area (TPSA) is 66.8 Å². The van der Waals surface area contributed by atoms with Crippen molar-refractivity contribution in [2.24, 2.45) is 11.8 Å². The van der Waals surface area contributed by atoms with Crippen molar-refractivity contribution in [1.82, 2.24) is 0 Å². The number of hydrogen-bond acceptors (Lipinski definition) is 3. The SMILES string of the molecule is CCCCC[C@H](O)C=CC1C[C@H]2CC(O2)[C@@H]1CC=CCCCC(=O)O. The fourth-order valence-electron chi connectivity index (χ4n) is 3.94. The second-order valence-corrected chi connectivity index (χ2v) is 7.54. The molecule has 2 bridgehead atoms. The minimum atomic E-state index is -0.725. The summed E-state index contributed by atoms with van der Waals surface area (Å²) in [5, 5.41) is 18.8. The molecule has 142 valence electrons. The van der Waals surface area contributed by atoms with Gasteiger partial charge in [0.05, 0.1) is 18.3 Å². The third-order valence-corrected chi connectivity index (χ3v) is 5.45. The van der Waals surface area contributed by atoms with Crippen LogP contribution in [0.15, 0.2) is 24.3 Å². The van der Waals surface area contributed by atoms with E-state index in [1.165, 1.54) is 19.3 Å². The zero-order chi connectivity index (χ0) is 18.1. The van der Waals surface area contributed by atoms with E-state index in [4.69, 9.17) is 9.84 Å². The van der Waals surface area contributed by atoms with Crippen LogP contribution in [0.2, 0.25) is 0 Å². The number of carboxylic acid groups (broad SMARTS) is 1. The fourth-order valence-corrected chi connectivity index (χ4v) is 3.94. The van der Waals surface area contributed by atoms with Gasteiger partial charge in [0.25, 0.3) is 0 Å². The highest BCUT2D eigenvalue weighted by Crippen LogP contribution is 2.45. The summed E-state index contributed by atoms with van der Waals surface area (Å²) in [5.74, 6) is 0.249. The van der Waals surface area contributed by atoms with Crippen molar-refractivity contribution in [2.45, 2.75) is 89.4 Å². The molecule has 1 saturated carbocycles. The fraction of sp³-hybridized carbons (Fsp3) is 0.762. The minimum absolute atomic E-state index is 0.239. The number of carboxylic acids is 1. The minimum Gasteiger partial charge on any atom is -0.481 e. The van der Waals surface area contributed by atoms with E-state index >= 15 is 0 Å². The normalized spacial score (nSPS) is 29.8. The molecule has 2 aliphatic heterocycles. The number of unbranched alkanes of at least 4 members (excludes halogenated alkanes) is 3. The van der Waals surface area contributed by atoms with Gasteiger partial charge >= 0.3 is 5.97 Å². The van der Waals surface area contributed by atoms with Crippen LogP contribution in [0, 0.1) is 11.8 Å². The quantitative estimate of drug-likeness (QED) is 0.402. The van der Waals surface area contributed by atoms with E-state index in [1.807, 2.05) is 6.08 Å². The Hall–Kier alpha value is -1.13. The van der Waals surface area contributed by atoms with Crippen LogP contribution in [-0.2, 0) is 9.53 Å². The first-order chi connectivity index (χ1) is 12.1. The summed E-state index contributed by atoms with van der Waals surface area (Å²) >= 11 is 0. The van der Waals surface area contributed by atoms with Gasteiger partial charge in [-0.25, -0.2) is 0 Å². The average Bonchev–Trinajstić information content (AvgIpc) is 2.55. The van der Waals surface area contributed by atoms with Crippen LogP contribution < -0.4 is 0 Å². The van der Waals surface area contributed by atoms with Gasteiger partial charge in [-0.2, -0.15) is 0 Å². The van der Waals surface area contributed by atoms with Crippen molar-refractivity contribution in [3.8, 4) is 0 Å². The molecule has 3 fully saturated rings. The number of aliphatic carboxylic acids is 1. The molecular weight excluding hydrogens is 316 g/mol. The molecule has 0 aromatic heterocycles. The second kappa shape index (κ2) is 10.8. The first kappa shape index (κ1) is 20.2. The Labute approximate surface area is 152 Å². The van der Waals surface area contributed by atoms with Crippen LogP contribution >= 0.6 is 0 Å². The van der Waals surface area contributed by atoms with E-state index < -0.39 is 5.97 Å². The number of hydrogen-bond donors (Lipinski definition) is 2. The molecule has 25 heavy (non-hydrogen) atoms. The number of rotatable bonds is 12. The zero-order valence-electron chi connectivity index (χ0n) is 15.5. The molecule has 3 aliphatic rings. The third kappa shape index (κ3) is 6.95. The van der Waals surface area contributed by atoms with E-state index in [-0.39, 0.29) is 12.5 Å². The first-order valence-corrected chi connectivity index (χ1v) is 9.98. The molecule has 5 atom stereocenters. The van der Waals surface area contributed by atoms with Crippen LogP contribution in [-0.4, -0.2) is 34.5 Å². The van der Waals surface area contributed by atoms with E-state index in [0.29, 0.717) is 30.5 Å². The smallest absolute Gasteiger partial charge is 0.303 e. The molecule has 0 amide bonds. The van der Waals surface area contributed by atoms with Crippen LogP contribution in [0.4, 0.5) is 0 Å². The maximum absolute atomic E-state index is 10.5. The molecule has 0 aromatic carbocycles. The van der Waals surface area contributed by atoms with Gasteiger partial charge in [0.2, 0.25) is 0 Å². The summed E-state index contributed by atoms with van der Waals surface area (Å²) in [6.45, 7) is 2.18. The van der Waals surface area contributed by atoms with Gasteiger partial charge < -0.3 is 14.9 Å². The largest absolute Gasteiger partial charge is 0.481 e. The van der Waals surface area contributed by atoms with Crippen LogP contribution in [0.3, 0.4) is 0 Å². The number of fused-ring (bicyclic) bond motifs is 2. The maximum Gasteiger partial charge on any atom is 0.303 e. The highest BCUT2D eigenvalue weighted by atomic mass is 16.5. The van der Waals surface area contributed by atoms with E-state index in [2.05, 4.69) is 25.2 Å². The lowest BCUT2D eigenvalue weighted by molar-refractivity contribution is -0.198. The Kier molecular flexibility index (Phi) is 8.70. The summed E-state index contributed by atoms with van der Waals surface area (Å²) in [6.07, 6.45) is 18.2. The lowest BCUT2D eigenvalue weighted by Gasteiger charge is -2.50. The Balaban J connectivity index is 1.76. The summed E-state index contributed by atoms with van der Waals surface area (Å²) in [6, 6.07) is 0. The molecule has 4 nitrogen and oxygen atoms in total. The molecule has 2 unspecified atom stereocenters. The molecule has 4 heteroatoms. The number of ether oxygens (including phenoxy) is 1. The van der Waals surface area contributed by atoms with Gasteiger partial charge in [0.15, 0.2) is 0 Å². The molecule has 2 N–H and O–H groups in total. The van der Waals surface area contributed by atoms with Gasteiger partial charge in [0.1, 0.15) is 0 Å². The Morgan fingerprint density at radius 3 is 2.76 bits per heavy atom. The van der Waals surface area contributed by atoms with Crippen molar-refractivity contribution < 1.29 is 19.7 Å². The van der Waals surface area contributed by atoms with E-state index in [1.54, 1.807) is 0 Å². The van der Waals surface area contributed by atoms with Crippen LogP contribution in [0.5, 0.6) is 0 Å². The van der Waals surface area contributed by atoms with Crippen molar-refractivity contribution in [3.63, 3.8) is 0 Å². The molecule has 3 rings (SSSR count). The highest BCUT2D eigenvalue weighted by molar-refractivity contribution is 5.66. The van der Waals surface area contributed by atoms with Crippen molar-refractivity contribution >= 4 is 5.97 Å². The Bertz CT molecular complexity index is 451. The molecular formula is C21H34O4. The predicted molar refractivity (Wildman–Crippen MR) is 99.4 cm³/mol. The van der Waals surface area contributed by atoms with Crippen LogP contribution in [0.1, 0.15) is 71.1 Å². The molecule has 2 saturated heterocycles. The van der Waals surface area contributed by atoms with Crippen molar-refractivity contribution in [3.05, 3.63) is 24.3 Å². The van der Waals surface area contributed by atoms with E-state index in [9.17, 15) is 9.90 Å². The number of aliphatic hydroxyl groups is 1. The van der Waals surface area contributed by atoms with Gasteiger partial charge in [-0.1, -0.05) is 50.5 Å². The monoisotopic (exact) mass is 350 g/mol. The molecule has 0 aromatic rings. The average molecular weight is 350 g/mol. The standard InChI is InChI=1S/C21H34O4/c1-2-3-6-9-17(22)13-12-16-14-18-15-20(25-18)19(16)10-7-4-5-8-11-21(23)24/h4,7,12-13,16-20,22H,2-3,5-6,8-11,14-15H2,1H3,(H,23,24)/t16?,17-,18-,19+,20?/m0/s1. The Morgan fingerprint density at radius 2 is 2.04 bits per heavy atom. The first-order valence-electron chi connectivity index (χ1n) is 9.98. The molecule has 2 heterocycles. The second-order valence-electron chi connectivity index (χ2n) is 7.54. The summed E-state index contributed by atoms with van der Waals surface area (Å²) < 4.78 is 5.91. The summed E-state index contributed by atoms with van der Waals surface area (Å²) in [7, 11) is 0. The lowest BCUT2D eigenvalue weighted by atomic mass is 9.70. The summed E-state index contributed by atoms with van der Waals surface area (Å²) in [4.78, 5) is 10.5. The van der Waals surface area contributed by atoms with E-state index in [0.717, 1.165) is 32.1 Å².